The lowest BCUT2D eigenvalue weighted by molar-refractivity contribution is -0.122. The molecule has 1 fully saturated rings. The lowest BCUT2D eigenvalue weighted by atomic mass is 10.00. The quantitative estimate of drug-likeness (QED) is 0.847. The summed E-state index contributed by atoms with van der Waals surface area (Å²) in [5.41, 5.74) is 0.831. The van der Waals surface area contributed by atoms with Gasteiger partial charge in [0.1, 0.15) is 11.6 Å². The highest BCUT2D eigenvalue weighted by Gasteiger charge is 2.18. The molecule has 0 amide bonds. The van der Waals surface area contributed by atoms with Crippen LogP contribution in [0, 0.1) is 5.82 Å². The molecule has 1 aromatic carbocycles. The number of carbonyl (C=O) groups is 1. The van der Waals surface area contributed by atoms with E-state index in [0.29, 0.717) is 17.3 Å². The van der Waals surface area contributed by atoms with E-state index in [1.54, 1.807) is 6.07 Å². The van der Waals surface area contributed by atoms with Crippen LogP contribution in [-0.2, 0) is 16.0 Å². The summed E-state index contributed by atoms with van der Waals surface area (Å²) in [7, 11) is 0. The van der Waals surface area contributed by atoms with Crippen molar-refractivity contribution >= 4 is 21.7 Å². The molecule has 0 bridgehead atoms. The van der Waals surface area contributed by atoms with Gasteiger partial charge in [-0.05, 0) is 37.0 Å². The SMILES string of the molecule is O=C(Cc1ccc(F)cc1Br)CC1CCCCO1. The topological polar surface area (TPSA) is 26.3 Å². The largest absolute Gasteiger partial charge is 0.378 e. The lowest BCUT2D eigenvalue weighted by Crippen LogP contribution is -2.23. The lowest BCUT2D eigenvalue weighted by Gasteiger charge is -2.21. The minimum Gasteiger partial charge on any atom is -0.378 e. The third-order valence-corrected chi connectivity index (χ3v) is 3.87. The van der Waals surface area contributed by atoms with Gasteiger partial charge in [-0.3, -0.25) is 4.79 Å². The number of halogens is 2. The molecule has 1 unspecified atom stereocenters. The minimum atomic E-state index is -0.298. The van der Waals surface area contributed by atoms with Gasteiger partial charge in [-0.1, -0.05) is 22.0 Å². The number of ether oxygens (including phenoxy) is 1. The van der Waals surface area contributed by atoms with Gasteiger partial charge < -0.3 is 4.74 Å². The average Bonchev–Trinajstić information content (AvgIpc) is 2.34. The molecule has 2 nitrogen and oxygen atoms in total. The van der Waals surface area contributed by atoms with E-state index >= 15 is 0 Å². The second-order valence-corrected chi connectivity index (χ2v) is 5.50. The van der Waals surface area contributed by atoms with Crippen LogP contribution in [0.5, 0.6) is 0 Å². The molecule has 1 saturated heterocycles. The fourth-order valence-electron chi connectivity index (χ4n) is 2.17. The summed E-state index contributed by atoms with van der Waals surface area (Å²) in [6.45, 7) is 0.762. The van der Waals surface area contributed by atoms with Crippen LogP contribution in [0.25, 0.3) is 0 Å². The Morgan fingerprint density at radius 3 is 2.94 bits per heavy atom. The third-order valence-electron chi connectivity index (χ3n) is 3.13. The molecular formula is C14H16BrFO2. The predicted octanol–water partition coefficient (Wildman–Crippen LogP) is 3.66. The molecule has 0 aromatic heterocycles. The Hall–Kier alpha value is -0.740. The van der Waals surface area contributed by atoms with E-state index in [0.717, 1.165) is 31.4 Å². The molecule has 0 N–H and O–H groups in total. The highest BCUT2D eigenvalue weighted by Crippen LogP contribution is 2.21. The van der Waals surface area contributed by atoms with Crippen LogP contribution in [0.15, 0.2) is 22.7 Å². The van der Waals surface area contributed by atoms with Crippen molar-refractivity contribution in [3.63, 3.8) is 0 Å². The van der Waals surface area contributed by atoms with E-state index in [-0.39, 0.29) is 17.7 Å². The molecular weight excluding hydrogens is 299 g/mol. The van der Waals surface area contributed by atoms with Crippen LogP contribution in [0.2, 0.25) is 0 Å². The van der Waals surface area contributed by atoms with Crippen molar-refractivity contribution in [3.05, 3.63) is 34.1 Å². The molecule has 0 spiro atoms. The molecule has 0 radical (unpaired) electrons. The minimum absolute atomic E-state index is 0.0745. The molecule has 18 heavy (non-hydrogen) atoms. The van der Waals surface area contributed by atoms with Crippen LogP contribution >= 0.6 is 15.9 Å². The van der Waals surface area contributed by atoms with E-state index in [9.17, 15) is 9.18 Å². The first kappa shape index (κ1) is 13.7. The van der Waals surface area contributed by atoms with Crippen molar-refractivity contribution in [3.8, 4) is 0 Å². The maximum Gasteiger partial charge on any atom is 0.139 e. The first-order valence-corrected chi connectivity index (χ1v) is 7.01. The first-order valence-electron chi connectivity index (χ1n) is 6.22. The van der Waals surface area contributed by atoms with Gasteiger partial charge in [-0.2, -0.15) is 0 Å². The van der Waals surface area contributed by atoms with Gasteiger partial charge in [0.25, 0.3) is 0 Å². The standard InChI is InChI=1S/C14H16BrFO2/c15-14-8-11(16)5-4-10(14)7-12(17)9-13-3-1-2-6-18-13/h4-5,8,13H,1-3,6-7,9H2. The first-order chi connectivity index (χ1) is 8.65. The smallest absolute Gasteiger partial charge is 0.139 e. The Morgan fingerprint density at radius 2 is 2.28 bits per heavy atom. The summed E-state index contributed by atoms with van der Waals surface area (Å²) >= 11 is 3.28. The molecule has 1 aliphatic rings. The summed E-state index contributed by atoms with van der Waals surface area (Å²) in [6.07, 6.45) is 4.07. The molecule has 98 valence electrons. The average molecular weight is 315 g/mol. The highest BCUT2D eigenvalue weighted by atomic mass is 79.9. The van der Waals surface area contributed by atoms with Crippen LogP contribution in [0.1, 0.15) is 31.2 Å². The van der Waals surface area contributed by atoms with E-state index < -0.39 is 0 Å². The monoisotopic (exact) mass is 314 g/mol. The molecule has 1 atom stereocenters. The third kappa shape index (κ3) is 3.89. The van der Waals surface area contributed by atoms with Gasteiger partial charge in [0.15, 0.2) is 0 Å². The van der Waals surface area contributed by atoms with Gasteiger partial charge in [0, 0.05) is 23.9 Å². The Bertz CT molecular complexity index is 428. The van der Waals surface area contributed by atoms with Crippen molar-refractivity contribution in [2.24, 2.45) is 0 Å². The number of benzene rings is 1. The zero-order valence-corrected chi connectivity index (χ0v) is 11.7. The van der Waals surface area contributed by atoms with Crippen molar-refractivity contribution in [2.75, 3.05) is 6.61 Å². The molecule has 0 saturated carbocycles. The summed E-state index contributed by atoms with van der Waals surface area (Å²) in [4.78, 5) is 11.9. The second-order valence-electron chi connectivity index (χ2n) is 4.64. The molecule has 4 heteroatoms. The van der Waals surface area contributed by atoms with Gasteiger partial charge >= 0.3 is 0 Å². The fourth-order valence-corrected chi connectivity index (χ4v) is 2.66. The zero-order valence-electron chi connectivity index (χ0n) is 10.1. The van der Waals surface area contributed by atoms with Crippen LogP contribution in [0.3, 0.4) is 0 Å². The van der Waals surface area contributed by atoms with Gasteiger partial charge in [-0.15, -0.1) is 0 Å². The van der Waals surface area contributed by atoms with E-state index in [2.05, 4.69) is 15.9 Å². The van der Waals surface area contributed by atoms with Crippen molar-refractivity contribution in [2.45, 2.75) is 38.2 Å². The normalized spacial score (nSPS) is 19.8. The Balaban J connectivity index is 1.90. The number of hydrogen-bond acceptors (Lipinski definition) is 2. The predicted molar refractivity (Wildman–Crippen MR) is 71.0 cm³/mol. The summed E-state index contributed by atoms with van der Waals surface area (Å²) in [5.74, 6) is -0.150. The van der Waals surface area contributed by atoms with E-state index in [1.807, 2.05) is 0 Å². The second kappa shape index (κ2) is 6.43. The van der Waals surface area contributed by atoms with Crippen LogP contribution in [-0.4, -0.2) is 18.5 Å². The Kier molecular flexibility index (Phi) is 4.89. The number of hydrogen-bond donors (Lipinski definition) is 0. The maximum atomic E-state index is 12.9. The zero-order chi connectivity index (χ0) is 13.0. The van der Waals surface area contributed by atoms with Crippen LogP contribution in [0.4, 0.5) is 4.39 Å². The number of Topliss-reactive ketones (excluding diaryl/α,β-unsaturated/α-hetero) is 1. The van der Waals surface area contributed by atoms with Crippen LogP contribution < -0.4 is 0 Å². The van der Waals surface area contributed by atoms with Crippen molar-refractivity contribution in [1.82, 2.24) is 0 Å². The van der Waals surface area contributed by atoms with Gasteiger partial charge in [-0.25, -0.2) is 4.39 Å². The van der Waals surface area contributed by atoms with Crippen molar-refractivity contribution in [1.29, 1.82) is 0 Å². The maximum absolute atomic E-state index is 12.9. The highest BCUT2D eigenvalue weighted by molar-refractivity contribution is 9.10. The summed E-state index contributed by atoms with van der Waals surface area (Å²) < 4.78 is 19.1. The number of carbonyl (C=O) groups excluding carboxylic acids is 1. The number of ketones is 1. The molecule has 2 rings (SSSR count). The number of rotatable bonds is 4. The Labute approximate surface area is 115 Å². The summed E-state index contributed by atoms with van der Waals surface area (Å²) in [5, 5.41) is 0. The summed E-state index contributed by atoms with van der Waals surface area (Å²) in [6, 6.07) is 4.42. The van der Waals surface area contributed by atoms with E-state index in [4.69, 9.17) is 4.74 Å². The van der Waals surface area contributed by atoms with Crippen molar-refractivity contribution < 1.29 is 13.9 Å². The molecule has 0 aliphatic carbocycles. The Morgan fingerprint density at radius 1 is 1.44 bits per heavy atom. The molecule has 1 heterocycles. The fraction of sp³-hybridized carbons (Fsp3) is 0.500. The van der Waals surface area contributed by atoms with Gasteiger partial charge in [0.2, 0.25) is 0 Å². The molecule has 1 aromatic rings. The molecule has 1 aliphatic heterocycles. The van der Waals surface area contributed by atoms with Gasteiger partial charge in [0.05, 0.1) is 6.10 Å². The van der Waals surface area contributed by atoms with E-state index in [1.165, 1.54) is 12.1 Å².